The maximum atomic E-state index is 14.2. The van der Waals surface area contributed by atoms with Crippen LogP contribution >= 0.6 is 0 Å². The highest BCUT2D eigenvalue weighted by Crippen LogP contribution is 2.77. The number of allylic oxidation sites excluding steroid dienone is 2. The average molecular weight is 821 g/mol. The van der Waals surface area contributed by atoms with E-state index in [4.69, 9.17) is 9.47 Å². The Bertz CT molecular complexity index is 2040. The number of rotatable bonds is 5. The van der Waals surface area contributed by atoms with E-state index in [0.29, 0.717) is 34.6 Å². The van der Waals surface area contributed by atoms with E-state index >= 15 is 0 Å². The summed E-state index contributed by atoms with van der Waals surface area (Å²) in [6.07, 6.45) is 7.04. The predicted octanol–water partition coefficient (Wildman–Crippen LogP) is 3.86. The standard InChI is InChI=1S/C25H34O6.C22H30O6/c1-7-12(2)22(29)31-21-13(3)10-24-14(4)8-17-18(23(17,5)6)16(20(24)28)9-15(11-26)19(27)25(21,24)30;1-11-6-16-20(26,18(11)25)9-14(10-23)7-15-17-19(4,5)21(17,28-13(3)24)8-12(2)22(15,16)27/h7,9-10,14,16-19,21,26-27,30H,8,11H2,1-6H3;6-7,12,15-17,23,26-27H,8-10H2,1-5H3/b12-7-;/t14-,16+,17-,18+,19-,21+,24+,25+;12-,15+,16-,17-,20-,21+,22-/m11/s1. The molecule has 0 saturated heterocycles. The van der Waals surface area contributed by atoms with Gasteiger partial charge in [-0.15, -0.1) is 0 Å². The topological polar surface area (TPSA) is 208 Å². The maximum absolute atomic E-state index is 14.2. The summed E-state index contributed by atoms with van der Waals surface area (Å²) in [7, 11) is 0. The summed E-state index contributed by atoms with van der Waals surface area (Å²) in [5, 5.41) is 67.1. The predicted molar refractivity (Wildman–Crippen MR) is 216 cm³/mol. The number of Topliss-reactive ketones (excluding diaryl/α,β-unsaturated/α-hetero) is 2. The molecule has 8 aliphatic rings. The van der Waals surface area contributed by atoms with Gasteiger partial charge in [-0.3, -0.25) is 14.4 Å². The summed E-state index contributed by atoms with van der Waals surface area (Å²) in [4.78, 5) is 51.5. The fourth-order valence-corrected chi connectivity index (χ4v) is 13.8. The number of hydrogen-bond acceptors (Lipinski definition) is 12. The van der Waals surface area contributed by atoms with E-state index < -0.39 is 70.4 Å². The second-order valence-corrected chi connectivity index (χ2v) is 20.6. The van der Waals surface area contributed by atoms with Crippen LogP contribution in [0.25, 0.3) is 0 Å². The zero-order valence-electron chi connectivity index (χ0n) is 36.3. The van der Waals surface area contributed by atoms with Crippen molar-refractivity contribution in [3.05, 3.63) is 58.2 Å². The summed E-state index contributed by atoms with van der Waals surface area (Å²) >= 11 is 0. The fraction of sp³-hybridized carbons (Fsp3) is 0.702. The minimum absolute atomic E-state index is 0.0000834. The number of ether oxygens (including phenoxy) is 2. The molecule has 0 aromatic heterocycles. The van der Waals surface area contributed by atoms with Gasteiger partial charge < -0.3 is 40.1 Å². The number of fused-ring (bicyclic) bond motifs is 8. The van der Waals surface area contributed by atoms with E-state index in [0.717, 1.165) is 6.42 Å². The van der Waals surface area contributed by atoms with E-state index in [1.165, 1.54) is 6.92 Å². The Morgan fingerprint density at radius 3 is 2.17 bits per heavy atom. The first kappa shape index (κ1) is 43.8. The second kappa shape index (κ2) is 13.6. The molecule has 324 valence electrons. The summed E-state index contributed by atoms with van der Waals surface area (Å²) in [6, 6.07) is 0. The number of esters is 2. The van der Waals surface area contributed by atoms with Crippen molar-refractivity contribution in [1.29, 1.82) is 0 Å². The van der Waals surface area contributed by atoms with Gasteiger partial charge in [-0.25, -0.2) is 4.79 Å². The summed E-state index contributed by atoms with van der Waals surface area (Å²) in [5.74, 6) is -3.55. The average Bonchev–Trinajstić information content (AvgIpc) is 3.82. The van der Waals surface area contributed by atoms with Gasteiger partial charge in [0, 0.05) is 48.0 Å². The first-order valence-corrected chi connectivity index (χ1v) is 21.2. The van der Waals surface area contributed by atoms with E-state index in [1.807, 2.05) is 33.8 Å². The molecule has 1 spiro atoms. The molecule has 0 radical (unpaired) electrons. The van der Waals surface area contributed by atoms with Crippen LogP contribution in [0.1, 0.15) is 95.4 Å². The Hall–Kier alpha value is -3.26. The largest absolute Gasteiger partial charge is 0.458 e. The van der Waals surface area contributed by atoms with Crippen molar-refractivity contribution >= 4 is 23.5 Å². The van der Waals surface area contributed by atoms with Crippen molar-refractivity contribution in [2.24, 2.45) is 63.6 Å². The molecule has 0 heterocycles. The minimum Gasteiger partial charge on any atom is -0.458 e. The second-order valence-electron chi connectivity index (χ2n) is 20.6. The quantitative estimate of drug-likeness (QED) is 0.133. The van der Waals surface area contributed by atoms with Gasteiger partial charge in [0.05, 0.1) is 24.2 Å². The van der Waals surface area contributed by atoms with Crippen LogP contribution in [0.2, 0.25) is 0 Å². The molecule has 12 heteroatoms. The van der Waals surface area contributed by atoms with Crippen LogP contribution in [0.5, 0.6) is 0 Å². The van der Waals surface area contributed by atoms with Crippen molar-refractivity contribution in [3.8, 4) is 0 Å². The Kier molecular flexibility index (Phi) is 10.1. The van der Waals surface area contributed by atoms with Crippen LogP contribution < -0.4 is 0 Å². The molecule has 0 unspecified atom stereocenters. The normalized spacial score (nSPS) is 47.0. The zero-order chi connectivity index (χ0) is 44.0. The van der Waals surface area contributed by atoms with Crippen molar-refractivity contribution < 1.29 is 59.3 Å². The molecule has 4 saturated carbocycles. The van der Waals surface area contributed by atoms with Gasteiger partial charge in [0.2, 0.25) is 0 Å². The van der Waals surface area contributed by atoms with Gasteiger partial charge in [-0.1, -0.05) is 71.9 Å². The number of carbonyl (C=O) groups is 4. The Labute approximate surface area is 347 Å². The Morgan fingerprint density at radius 2 is 1.59 bits per heavy atom. The molecular formula is C47H64O12. The SMILES string of the molecule is C/C=C(/C)C(=O)O[C@H]1C(C)=C[C@]23C(=O)[C@@H](C=C(CO)[C@@H](O)[C@]12O)[C@H]1[C@@H](C[C@H]3C)C1(C)C.CC(=O)O[C@@]12C[C@@H](C)[C@@]3(O)[C@@H](C=C(CO)C[C@]4(O)C(=O)C(C)=C[C@@H]34)[C@@H]1C2(C)C. The number of hydrogen-bond donors (Lipinski definition) is 6. The number of carbonyl (C=O) groups excluding carboxylic acids is 4. The van der Waals surface area contributed by atoms with Gasteiger partial charge in [0.1, 0.15) is 17.3 Å². The molecule has 15 atom stereocenters. The molecule has 6 N–H and O–H groups in total. The van der Waals surface area contributed by atoms with E-state index in [-0.39, 0.29) is 70.6 Å². The van der Waals surface area contributed by atoms with E-state index in [2.05, 4.69) is 13.8 Å². The molecule has 0 aliphatic heterocycles. The maximum Gasteiger partial charge on any atom is 0.334 e. The molecule has 8 aliphatic carbocycles. The molecule has 2 bridgehead atoms. The highest BCUT2D eigenvalue weighted by molar-refractivity contribution is 6.05. The molecule has 8 rings (SSSR count). The van der Waals surface area contributed by atoms with E-state index in [9.17, 15) is 49.8 Å². The van der Waals surface area contributed by atoms with Crippen molar-refractivity contribution in [1.82, 2.24) is 0 Å². The van der Waals surface area contributed by atoms with Crippen molar-refractivity contribution in [2.45, 2.75) is 130 Å². The van der Waals surface area contributed by atoms with Gasteiger partial charge in [-0.2, -0.15) is 0 Å². The van der Waals surface area contributed by atoms with Crippen molar-refractivity contribution in [2.75, 3.05) is 13.2 Å². The molecule has 4 fully saturated rings. The third-order valence-electron chi connectivity index (χ3n) is 17.1. The third-order valence-corrected chi connectivity index (χ3v) is 17.1. The number of aliphatic hydroxyl groups excluding tert-OH is 3. The zero-order valence-corrected chi connectivity index (χ0v) is 36.3. The van der Waals surface area contributed by atoms with Crippen LogP contribution in [0.4, 0.5) is 0 Å². The van der Waals surface area contributed by atoms with E-state index in [1.54, 1.807) is 52.0 Å². The van der Waals surface area contributed by atoms with Gasteiger partial charge in [0.15, 0.2) is 23.3 Å². The lowest BCUT2D eigenvalue weighted by Crippen LogP contribution is -2.65. The lowest BCUT2D eigenvalue weighted by atomic mass is 9.59. The first-order chi connectivity index (χ1) is 27.2. The summed E-state index contributed by atoms with van der Waals surface area (Å²) in [6.45, 7) is 19.5. The van der Waals surface area contributed by atoms with Crippen LogP contribution in [-0.4, -0.2) is 102 Å². The highest BCUT2D eigenvalue weighted by Gasteiger charge is 2.83. The summed E-state index contributed by atoms with van der Waals surface area (Å²) < 4.78 is 11.6. The lowest BCUT2D eigenvalue weighted by Gasteiger charge is -2.50. The van der Waals surface area contributed by atoms with Crippen LogP contribution in [0.3, 0.4) is 0 Å². The smallest absolute Gasteiger partial charge is 0.334 e. The molecule has 12 nitrogen and oxygen atoms in total. The first-order valence-electron chi connectivity index (χ1n) is 21.2. The minimum atomic E-state index is -2.08. The molecule has 0 aromatic rings. The number of aliphatic hydroxyl groups is 6. The molecular weight excluding hydrogens is 757 g/mol. The van der Waals surface area contributed by atoms with Gasteiger partial charge in [0.25, 0.3) is 0 Å². The fourth-order valence-electron chi connectivity index (χ4n) is 13.8. The third kappa shape index (κ3) is 5.48. The van der Waals surface area contributed by atoms with Crippen LogP contribution in [0, 0.1) is 63.6 Å². The molecule has 0 amide bonds. The number of ketones is 2. The van der Waals surface area contributed by atoms with Crippen LogP contribution in [-0.2, 0) is 28.7 Å². The lowest BCUT2D eigenvalue weighted by molar-refractivity contribution is -0.201. The van der Waals surface area contributed by atoms with Crippen LogP contribution in [0.15, 0.2) is 58.2 Å². The summed E-state index contributed by atoms with van der Waals surface area (Å²) in [5.41, 5.74) is -5.55. The van der Waals surface area contributed by atoms with Gasteiger partial charge >= 0.3 is 11.9 Å². The van der Waals surface area contributed by atoms with Crippen molar-refractivity contribution in [3.63, 3.8) is 0 Å². The molecule has 59 heavy (non-hydrogen) atoms. The molecule has 0 aromatic carbocycles. The highest BCUT2D eigenvalue weighted by atomic mass is 16.6. The monoisotopic (exact) mass is 820 g/mol. The van der Waals surface area contributed by atoms with Gasteiger partial charge in [-0.05, 0) is 91.9 Å². The Morgan fingerprint density at radius 1 is 0.949 bits per heavy atom. The Balaban J connectivity index is 0.000000180.